The molecular formula is C12H14ClNO3. The first-order valence-corrected chi connectivity index (χ1v) is 5.99. The van der Waals surface area contributed by atoms with E-state index in [2.05, 4.69) is 0 Å². The molecule has 2 rings (SSSR count). The zero-order chi connectivity index (χ0) is 12.6. The average Bonchev–Trinajstić information content (AvgIpc) is 2.79. The van der Waals surface area contributed by atoms with Gasteiger partial charge in [-0.25, -0.2) is 0 Å². The van der Waals surface area contributed by atoms with Gasteiger partial charge < -0.3 is 9.67 Å². The highest BCUT2D eigenvalue weighted by Gasteiger charge is 2.40. The van der Waals surface area contributed by atoms with Gasteiger partial charge in [0.25, 0.3) is 5.24 Å². The molecule has 0 aliphatic carbocycles. The van der Waals surface area contributed by atoms with E-state index in [4.69, 9.17) is 16.7 Å². The van der Waals surface area contributed by atoms with Crippen molar-refractivity contribution in [3.63, 3.8) is 0 Å². The van der Waals surface area contributed by atoms with Gasteiger partial charge in [-0.15, -0.1) is 0 Å². The number of hydrogen-bond donors (Lipinski definition) is 1. The van der Waals surface area contributed by atoms with Gasteiger partial charge in [0.15, 0.2) is 0 Å². The van der Waals surface area contributed by atoms with E-state index in [-0.39, 0.29) is 11.8 Å². The Morgan fingerprint density at radius 2 is 2.24 bits per heavy atom. The van der Waals surface area contributed by atoms with Gasteiger partial charge in [-0.3, -0.25) is 9.59 Å². The first-order valence-electron chi connectivity index (χ1n) is 5.62. The Hall–Kier alpha value is -1.29. The predicted molar refractivity (Wildman–Crippen MR) is 63.5 cm³/mol. The Morgan fingerprint density at radius 3 is 2.76 bits per heavy atom. The highest BCUT2D eigenvalue weighted by Crippen LogP contribution is 2.42. The van der Waals surface area contributed by atoms with E-state index in [0.29, 0.717) is 12.2 Å². The molecule has 92 valence electrons. The smallest absolute Gasteiger partial charge is 0.304 e. The van der Waals surface area contributed by atoms with Crippen molar-refractivity contribution in [2.75, 3.05) is 0 Å². The largest absolute Gasteiger partial charge is 0.481 e. The van der Waals surface area contributed by atoms with Crippen molar-refractivity contribution in [3.8, 4) is 0 Å². The minimum atomic E-state index is -0.805. The lowest BCUT2D eigenvalue weighted by molar-refractivity contribution is -0.138. The Morgan fingerprint density at radius 1 is 1.53 bits per heavy atom. The number of carboxylic acids is 1. The highest BCUT2D eigenvalue weighted by atomic mass is 35.5. The summed E-state index contributed by atoms with van der Waals surface area (Å²) in [6.45, 7) is 2.64. The topological polar surface area (TPSA) is 59.3 Å². The Labute approximate surface area is 104 Å². The molecule has 1 aromatic heterocycles. The monoisotopic (exact) mass is 255 g/mol. The summed E-state index contributed by atoms with van der Waals surface area (Å²) in [6.07, 6.45) is 1.60. The van der Waals surface area contributed by atoms with Crippen molar-refractivity contribution in [3.05, 3.63) is 23.5 Å². The number of carboxylic acid groups (broad SMARTS) is 1. The molecule has 1 unspecified atom stereocenters. The lowest BCUT2D eigenvalue weighted by atomic mass is 9.78. The second-order valence-electron chi connectivity index (χ2n) is 4.48. The molecule has 1 aliphatic rings. The summed E-state index contributed by atoms with van der Waals surface area (Å²) in [5.41, 5.74) is 1.03. The molecule has 0 amide bonds. The van der Waals surface area contributed by atoms with Gasteiger partial charge >= 0.3 is 5.97 Å². The van der Waals surface area contributed by atoms with Gasteiger partial charge in [0.05, 0.1) is 6.42 Å². The summed E-state index contributed by atoms with van der Waals surface area (Å²) in [7, 11) is 0. The third-order valence-corrected chi connectivity index (χ3v) is 3.90. The second-order valence-corrected chi connectivity index (χ2v) is 4.83. The van der Waals surface area contributed by atoms with E-state index in [1.54, 1.807) is 6.07 Å². The van der Waals surface area contributed by atoms with Crippen LogP contribution in [0.3, 0.4) is 0 Å². The minimum Gasteiger partial charge on any atom is -0.481 e. The fourth-order valence-electron chi connectivity index (χ4n) is 2.75. The van der Waals surface area contributed by atoms with Gasteiger partial charge in [0.1, 0.15) is 5.69 Å². The summed E-state index contributed by atoms with van der Waals surface area (Å²) < 4.78 is 1.85. The van der Waals surface area contributed by atoms with E-state index in [1.165, 1.54) is 0 Å². The SMILES string of the molecule is CCC1(CC(=O)O)CCn2c(C(=O)Cl)ccc21. The molecule has 5 heteroatoms. The Bertz CT molecular complexity index is 480. The van der Waals surface area contributed by atoms with Crippen LogP contribution in [0.25, 0.3) is 0 Å². The second kappa shape index (κ2) is 4.18. The maximum atomic E-state index is 11.2. The molecule has 0 saturated heterocycles. The highest BCUT2D eigenvalue weighted by molar-refractivity contribution is 6.67. The molecule has 0 saturated carbocycles. The predicted octanol–water partition coefficient (Wildman–Crippen LogP) is 2.39. The first-order chi connectivity index (χ1) is 8.00. The summed E-state index contributed by atoms with van der Waals surface area (Å²) in [6, 6.07) is 3.51. The van der Waals surface area contributed by atoms with E-state index in [9.17, 15) is 9.59 Å². The molecule has 1 N–H and O–H groups in total. The molecule has 0 spiro atoms. The van der Waals surface area contributed by atoms with Crippen LogP contribution < -0.4 is 0 Å². The average molecular weight is 256 g/mol. The van der Waals surface area contributed by atoms with E-state index in [1.807, 2.05) is 17.6 Å². The van der Waals surface area contributed by atoms with Gasteiger partial charge in [-0.2, -0.15) is 0 Å². The molecular weight excluding hydrogens is 242 g/mol. The Kier molecular flexibility index (Phi) is 3.00. The molecule has 2 heterocycles. The first kappa shape index (κ1) is 12.2. The van der Waals surface area contributed by atoms with Gasteiger partial charge in [-0.05, 0) is 36.6 Å². The molecule has 4 nitrogen and oxygen atoms in total. The van der Waals surface area contributed by atoms with Crippen LogP contribution >= 0.6 is 11.6 Å². The van der Waals surface area contributed by atoms with Crippen LogP contribution in [-0.4, -0.2) is 20.9 Å². The van der Waals surface area contributed by atoms with Crippen LogP contribution in [0.5, 0.6) is 0 Å². The lowest BCUT2D eigenvalue weighted by Crippen LogP contribution is -2.25. The third-order valence-electron chi connectivity index (χ3n) is 3.71. The van der Waals surface area contributed by atoms with Crippen LogP contribution in [0.4, 0.5) is 0 Å². The number of carbonyl (C=O) groups excluding carboxylic acids is 1. The maximum Gasteiger partial charge on any atom is 0.304 e. The molecule has 1 aliphatic heterocycles. The summed E-state index contributed by atoms with van der Waals surface area (Å²) >= 11 is 5.49. The molecule has 0 fully saturated rings. The number of fused-ring (bicyclic) bond motifs is 1. The summed E-state index contributed by atoms with van der Waals surface area (Å²) in [5, 5.41) is 8.52. The molecule has 1 atom stereocenters. The van der Waals surface area contributed by atoms with Gasteiger partial charge in [0, 0.05) is 17.7 Å². The number of rotatable bonds is 4. The quantitative estimate of drug-likeness (QED) is 0.841. The van der Waals surface area contributed by atoms with E-state index >= 15 is 0 Å². The number of nitrogens with zero attached hydrogens (tertiary/aromatic N) is 1. The van der Waals surface area contributed by atoms with Crippen LogP contribution in [0, 0.1) is 0 Å². The number of aromatic nitrogens is 1. The van der Waals surface area contributed by atoms with E-state index in [0.717, 1.165) is 18.5 Å². The molecule has 17 heavy (non-hydrogen) atoms. The maximum absolute atomic E-state index is 11.2. The van der Waals surface area contributed by atoms with Crippen molar-refractivity contribution in [1.29, 1.82) is 0 Å². The normalized spacial score (nSPS) is 22.5. The van der Waals surface area contributed by atoms with Crippen LogP contribution in [0.15, 0.2) is 12.1 Å². The van der Waals surface area contributed by atoms with Crippen LogP contribution in [-0.2, 0) is 16.8 Å². The van der Waals surface area contributed by atoms with E-state index < -0.39 is 11.2 Å². The van der Waals surface area contributed by atoms with Gasteiger partial charge in [-0.1, -0.05) is 6.92 Å². The zero-order valence-corrected chi connectivity index (χ0v) is 10.3. The van der Waals surface area contributed by atoms with Crippen molar-refractivity contribution < 1.29 is 14.7 Å². The van der Waals surface area contributed by atoms with Crippen LogP contribution in [0.2, 0.25) is 0 Å². The fraction of sp³-hybridized carbons (Fsp3) is 0.500. The van der Waals surface area contributed by atoms with Crippen LogP contribution in [0.1, 0.15) is 42.4 Å². The Balaban J connectivity index is 2.44. The van der Waals surface area contributed by atoms with Crippen molar-refractivity contribution in [1.82, 2.24) is 4.57 Å². The molecule has 0 bridgehead atoms. The zero-order valence-electron chi connectivity index (χ0n) is 9.57. The number of hydrogen-bond acceptors (Lipinski definition) is 2. The van der Waals surface area contributed by atoms with Crippen molar-refractivity contribution in [2.45, 2.75) is 38.1 Å². The van der Waals surface area contributed by atoms with Crippen molar-refractivity contribution in [2.24, 2.45) is 0 Å². The molecule has 0 radical (unpaired) electrons. The van der Waals surface area contributed by atoms with Crippen molar-refractivity contribution >= 4 is 22.8 Å². The number of aliphatic carboxylic acids is 1. The standard InChI is InChI=1S/C12H14ClNO3/c1-2-12(7-10(15)16)5-6-14-8(11(13)17)3-4-9(12)14/h3-4H,2,5-7H2,1H3,(H,15,16). The van der Waals surface area contributed by atoms with Gasteiger partial charge in [0.2, 0.25) is 0 Å². The molecule has 1 aromatic rings. The number of halogens is 1. The number of carbonyl (C=O) groups is 2. The lowest BCUT2D eigenvalue weighted by Gasteiger charge is -2.25. The summed E-state index contributed by atoms with van der Waals surface area (Å²) in [5.74, 6) is -0.805. The summed E-state index contributed by atoms with van der Waals surface area (Å²) in [4.78, 5) is 22.2. The minimum absolute atomic E-state index is 0.101. The third kappa shape index (κ3) is 1.86. The molecule has 0 aromatic carbocycles. The fourth-order valence-corrected chi connectivity index (χ4v) is 2.91.